The van der Waals surface area contributed by atoms with Crippen LogP contribution in [-0.2, 0) is 4.79 Å². The van der Waals surface area contributed by atoms with Crippen molar-refractivity contribution in [2.24, 2.45) is 0 Å². The number of ketones is 1. The summed E-state index contributed by atoms with van der Waals surface area (Å²) in [6.07, 6.45) is 0. The Bertz CT molecular complexity index is 913. The average molecular weight is 380 g/mol. The molecule has 0 aromatic heterocycles. The Hall–Kier alpha value is -3.40. The molecule has 28 heavy (non-hydrogen) atoms. The van der Waals surface area contributed by atoms with Gasteiger partial charge in [0.2, 0.25) is 5.91 Å². The first kappa shape index (κ1) is 19.4. The summed E-state index contributed by atoms with van der Waals surface area (Å²) >= 11 is 0. The van der Waals surface area contributed by atoms with Crippen LogP contribution in [-0.4, -0.2) is 49.3 Å². The third-order valence-corrected chi connectivity index (χ3v) is 4.79. The highest BCUT2D eigenvalue weighted by molar-refractivity contribution is 5.94. The van der Waals surface area contributed by atoms with E-state index in [1.165, 1.54) is 13.0 Å². The molecule has 0 radical (unpaired) electrons. The summed E-state index contributed by atoms with van der Waals surface area (Å²) in [5.41, 5.74) is 2.15. The Morgan fingerprint density at radius 1 is 1.11 bits per heavy atom. The van der Waals surface area contributed by atoms with Gasteiger partial charge in [-0.25, -0.2) is 4.39 Å². The Morgan fingerprint density at radius 2 is 1.79 bits per heavy atom. The summed E-state index contributed by atoms with van der Waals surface area (Å²) < 4.78 is 14.3. The van der Waals surface area contributed by atoms with E-state index in [0.29, 0.717) is 43.0 Å². The van der Waals surface area contributed by atoms with Crippen LogP contribution in [0, 0.1) is 17.1 Å². The minimum absolute atomic E-state index is 0.0311. The van der Waals surface area contributed by atoms with Crippen LogP contribution < -0.4 is 10.2 Å². The summed E-state index contributed by atoms with van der Waals surface area (Å²) in [6.45, 7) is 3.62. The molecule has 1 aliphatic rings. The zero-order valence-electron chi connectivity index (χ0n) is 15.6. The van der Waals surface area contributed by atoms with E-state index in [9.17, 15) is 14.0 Å². The lowest BCUT2D eigenvalue weighted by atomic mass is 10.1. The van der Waals surface area contributed by atoms with Crippen LogP contribution in [0.5, 0.6) is 0 Å². The van der Waals surface area contributed by atoms with Gasteiger partial charge in [0.15, 0.2) is 5.78 Å². The number of hydrogen-bond acceptors (Lipinski definition) is 5. The van der Waals surface area contributed by atoms with E-state index in [1.807, 2.05) is 11.0 Å². The molecule has 1 aliphatic heterocycles. The topological polar surface area (TPSA) is 76.4 Å². The number of amides is 1. The van der Waals surface area contributed by atoms with Gasteiger partial charge in [-0.3, -0.25) is 9.59 Å². The quantitative estimate of drug-likeness (QED) is 0.807. The summed E-state index contributed by atoms with van der Waals surface area (Å²) in [7, 11) is 0. The van der Waals surface area contributed by atoms with Gasteiger partial charge in [0.25, 0.3) is 0 Å². The number of nitriles is 1. The van der Waals surface area contributed by atoms with E-state index in [2.05, 4.69) is 5.32 Å². The van der Waals surface area contributed by atoms with Gasteiger partial charge >= 0.3 is 0 Å². The van der Waals surface area contributed by atoms with Crippen molar-refractivity contribution in [2.75, 3.05) is 42.9 Å². The Labute approximate surface area is 163 Å². The van der Waals surface area contributed by atoms with Crippen LogP contribution in [0.4, 0.5) is 15.8 Å². The zero-order chi connectivity index (χ0) is 20.1. The van der Waals surface area contributed by atoms with Crippen LogP contribution in [0.2, 0.25) is 0 Å². The maximum absolute atomic E-state index is 14.3. The van der Waals surface area contributed by atoms with Crippen LogP contribution in [0.1, 0.15) is 22.8 Å². The second kappa shape index (κ2) is 8.53. The molecule has 0 atom stereocenters. The second-order valence-corrected chi connectivity index (χ2v) is 6.63. The van der Waals surface area contributed by atoms with Crippen LogP contribution in [0.15, 0.2) is 42.5 Å². The number of nitrogens with one attached hydrogen (secondary N) is 1. The number of carbonyl (C=O) groups is 2. The monoisotopic (exact) mass is 380 g/mol. The van der Waals surface area contributed by atoms with Crippen molar-refractivity contribution in [3.8, 4) is 6.07 Å². The summed E-state index contributed by atoms with van der Waals surface area (Å²) in [6, 6.07) is 13.5. The van der Waals surface area contributed by atoms with E-state index >= 15 is 0 Å². The van der Waals surface area contributed by atoms with Gasteiger partial charge in [0.1, 0.15) is 5.82 Å². The van der Waals surface area contributed by atoms with Crippen molar-refractivity contribution < 1.29 is 14.0 Å². The zero-order valence-corrected chi connectivity index (χ0v) is 15.6. The molecule has 1 fully saturated rings. The Morgan fingerprint density at radius 3 is 2.36 bits per heavy atom. The van der Waals surface area contributed by atoms with Gasteiger partial charge in [-0.1, -0.05) is 0 Å². The SMILES string of the molecule is CC(=O)c1ccc(N2CCN(C(=O)CNc3ccc(C#N)cc3)CC2)c(F)c1. The lowest BCUT2D eigenvalue weighted by Gasteiger charge is -2.36. The number of carbonyl (C=O) groups excluding carboxylic acids is 2. The molecule has 1 heterocycles. The van der Waals surface area contributed by atoms with Gasteiger partial charge in [-0.05, 0) is 49.4 Å². The van der Waals surface area contributed by atoms with Crippen molar-refractivity contribution in [1.82, 2.24) is 4.90 Å². The maximum atomic E-state index is 14.3. The number of nitrogens with zero attached hydrogens (tertiary/aromatic N) is 3. The Balaban J connectivity index is 1.52. The number of Topliss-reactive ketones (excluding diaryl/α,β-unsaturated/α-hetero) is 1. The third-order valence-electron chi connectivity index (χ3n) is 4.79. The summed E-state index contributed by atoms with van der Waals surface area (Å²) in [5, 5.41) is 11.9. The van der Waals surface area contributed by atoms with Crippen molar-refractivity contribution in [3.05, 3.63) is 59.4 Å². The average Bonchev–Trinajstić information content (AvgIpc) is 2.72. The van der Waals surface area contributed by atoms with Crippen LogP contribution >= 0.6 is 0 Å². The van der Waals surface area contributed by atoms with Gasteiger partial charge in [-0.2, -0.15) is 5.26 Å². The lowest BCUT2D eigenvalue weighted by Crippen LogP contribution is -2.50. The molecule has 0 spiro atoms. The number of piperazine rings is 1. The minimum Gasteiger partial charge on any atom is -0.376 e. The van der Waals surface area contributed by atoms with Crippen LogP contribution in [0.25, 0.3) is 0 Å². The predicted octanol–water partition coefficient (Wildman–Crippen LogP) is 2.66. The second-order valence-electron chi connectivity index (χ2n) is 6.63. The fourth-order valence-corrected chi connectivity index (χ4v) is 3.13. The largest absolute Gasteiger partial charge is 0.376 e. The fraction of sp³-hybridized carbons (Fsp3) is 0.286. The maximum Gasteiger partial charge on any atom is 0.241 e. The number of anilines is 2. The number of hydrogen-bond donors (Lipinski definition) is 1. The lowest BCUT2D eigenvalue weighted by molar-refractivity contribution is -0.129. The van der Waals surface area contributed by atoms with E-state index < -0.39 is 5.82 Å². The molecular formula is C21H21FN4O2. The van der Waals surface area contributed by atoms with Gasteiger partial charge < -0.3 is 15.1 Å². The molecule has 6 nitrogen and oxygen atoms in total. The van der Waals surface area contributed by atoms with Gasteiger partial charge in [0.05, 0.1) is 23.9 Å². The Kier molecular flexibility index (Phi) is 5.90. The molecule has 1 N–H and O–H groups in total. The summed E-state index contributed by atoms with van der Waals surface area (Å²) in [5.74, 6) is -0.623. The molecule has 2 aromatic rings. The number of rotatable bonds is 5. The van der Waals surface area contributed by atoms with Crippen LogP contribution in [0.3, 0.4) is 0 Å². The van der Waals surface area contributed by atoms with Crippen molar-refractivity contribution in [1.29, 1.82) is 5.26 Å². The normalized spacial score (nSPS) is 13.8. The molecule has 7 heteroatoms. The van der Waals surface area contributed by atoms with E-state index in [4.69, 9.17) is 5.26 Å². The molecule has 1 saturated heterocycles. The van der Waals surface area contributed by atoms with E-state index in [0.717, 1.165) is 5.69 Å². The van der Waals surface area contributed by atoms with E-state index in [-0.39, 0.29) is 18.2 Å². The standard InChI is InChI=1S/C21H21FN4O2/c1-15(27)17-4-7-20(19(22)12-17)25-8-10-26(11-9-25)21(28)14-24-18-5-2-16(13-23)3-6-18/h2-7,12,24H,8-11,14H2,1H3. The predicted molar refractivity (Wildman–Crippen MR) is 105 cm³/mol. The number of benzene rings is 2. The highest BCUT2D eigenvalue weighted by Gasteiger charge is 2.23. The van der Waals surface area contributed by atoms with Crippen molar-refractivity contribution in [2.45, 2.75) is 6.92 Å². The molecular weight excluding hydrogens is 359 g/mol. The van der Waals surface area contributed by atoms with Gasteiger partial charge in [0, 0.05) is 37.4 Å². The van der Waals surface area contributed by atoms with Crippen molar-refractivity contribution in [3.63, 3.8) is 0 Å². The fourth-order valence-electron chi connectivity index (χ4n) is 3.13. The van der Waals surface area contributed by atoms with Crippen molar-refractivity contribution >= 4 is 23.1 Å². The minimum atomic E-state index is -0.421. The molecule has 0 bridgehead atoms. The first-order valence-corrected chi connectivity index (χ1v) is 9.05. The smallest absolute Gasteiger partial charge is 0.241 e. The third kappa shape index (κ3) is 4.46. The molecule has 144 valence electrons. The molecule has 0 aliphatic carbocycles. The van der Waals surface area contributed by atoms with Gasteiger partial charge in [-0.15, -0.1) is 0 Å². The molecule has 1 amide bonds. The molecule has 0 saturated carbocycles. The first-order valence-electron chi connectivity index (χ1n) is 9.05. The van der Waals surface area contributed by atoms with E-state index in [1.54, 1.807) is 41.3 Å². The highest BCUT2D eigenvalue weighted by atomic mass is 19.1. The first-order chi connectivity index (χ1) is 13.5. The molecule has 0 unspecified atom stereocenters. The summed E-state index contributed by atoms with van der Waals surface area (Å²) in [4.78, 5) is 27.4. The number of halogens is 1. The molecule has 2 aromatic carbocycles. The highest BCUT2D eigenvalue weighted by Crippen LogP contribution is 2.22. The molecule has 3 rings (SSSR count).